The lowest BCUT2D eigenvalue weighted by Crippen LogP contribution is -2.44. The van der Waals surface area contributed by atoms with Crippen molar-refractivity contribution in [1.29, 1.82) is 0 Å². The van der Waals surface area contributed by atoms with Gasteiger partial charge in [0.05, 0.1) is 5.69 Å². The van der Waals surface area contributed by atoms with Crippen LogP contribution in [0.15, 0.2) is 46.0 Å². The number of aliphatic hydroxyl groups is 1. The number of hydrogen-bond acceptors (Lipinski definition) is 6. The van der Waals surface area contributed by atoms with Crippen LogP contribution in [-0.2, 0) is 19.6 Å². The maximum Gasteiger partial charge on any atom is 0.332 e. The molecule has 1 aliphatic carbocycles. The molecule has 5 rings (SSSR count). The Labute approximate surface area is 223 Å². The molecule has 3 aromatic heterocycles. The van der Waals surface area contributed by atoms with E-state index < -0.39 is 16.9 Å². The van der Waals surface area contributed by atoms with Gasteiger partial charge >= 0.3 is 5.69 Å². The fourth-order valence-electron chi connectivity index (χ4n) is 5.12. The van der Waals surface area contributed by atoms with E-state index in [2.05, 4.69) is 4.98 Å². The second-order valence-electron chi connectivity index (χ2n) is 10.2. The molecule has 11 heteroatoms. The van der Waals surface area contributed by atoms with Crippen LogP contribution in [0.2, 0.25) is 0 Å². The van der Waals surface area contributed by atoms with Gasteiger partial charge in [0.2, 0.25) is 5.88 Å². The molecule has 0 saturated heterocycles. The molecule has 3 heterocycles. The quantitative estimate of drug-likeness (QED) is 0.349. The molecule has 1 saturated carbocycles. The number of aryl methyl sites for hydroxylation is 2. The number of benzene rings is 1. The van der Waals surface area contributed by atoms with Crippen LogP contribution >= 0.6 is 0 Å². The number of ether oxygens (including phenoxy) is 1. The van der Waals surface area contributed by atoms with Gasteiger partial charge in [-0.15, -0.1) is 0 Å². The highest BCUT2D eigenvalue weighted by Crippen LogP contribution is 2.38. The van der Waals surface area contributed by atoms with Gasteiger partial charge in [-0.25, -0.2) is 23.5 Å². The van der Waals surface area contributed by atoms with E-state index in [0.29, 0.717) is 35.8 Å². The average molecular weight is 540 g/mol. The van der Waals surface area contributed by atoms with Gasteiger partial charge in [-0.05, 0) is 51.0 Å². The van der Waals surface area contributed by atoms with E-state index in [4.69, 9.17) is 9.72 Å². The molecule has 9 nitrogen and oxygen atoms in total. The summed E-state index contributed by atoms with van der Waals surface area (Å²) in [5, 5.41) is 9.32. The van der Waals surface area contributed by atoms with Crippen LogP contribution in [-0.4, -0.2) is 47.2 Å². The van der Waals surface area contributed by atoms with E-state index >= 15 is 0 Å². The molecular weight excluding hydrogens is 508 g/mol. The maximum absolute atomic E-state index is 13.9. The zero-order valence-corrected chi connectivity index (χ0v) is 22.2. The van der Waals surface area contributed by atoms with Gasteiger partial charge in [-0.1, -0.05) is 12.1 Å². The van der Waals surface area contributed by atoms with E-state index in [1.165, 1.54) is 16.7 Å². The Balaban J connectivity index is 1.67. The minimum atomic E-state index is -1.22. The first-order valence-corrected chi connectivity index (χ1v) is 13.0. The third-order valence-electron chi connectivity index (χ3n) is 7.12. The number of imidazole rings is 1. The number of rotatable bonds is 9. The Kier molecular flexibility index (Phi) is 7.11. The summed E-state index contributed by atoms with van der Waals surface area (Å²) in [5.74, 6) is 0.412. The van der Waals surface area contributed by atoms with Crippen molar-refractivity contribution in [3.63, 3.8) is 0 Å². The summed E-state index contributed by atoms with van der Waals surface area (Å²) >= 11 is 0. The zero-order chi connectivity index (χ0) is 27.9. The lowest BCUT2D eigenvalue weighted by atomic mass is 9.81. The number of aliphatic hydroxyl groups excluding tert-OH is 1. The topological polar surface area (TPSA) is 104 Å². The molecule has 1 N–H and O–H groups in total. The first-order chi connectivity index (χ1) is 18.6. The Morgan fingerprint density at radius 2 is 1.79 bits per heavy atom. The van der Waals surface area contributed by atoms with E-state index in [1.54, 1.807) is 49.6 Å². The van der Waals surface area contributed by atoms with Crippen LogP contribution in [0, 0.1) is 12.7 Å². The molecule has 1 aliphatic rings. The molecule has 0 spiro atoms. The first kappa shape index (κ1) is 26.7. The molecule has 0 unspecified atom stereocenters. The fourth-order valence-corrected chi connectivity index (χ4v) is 5.12. The van der Waals surface area contributed by atoms with E-state index in [1.807, 2.05) is 0 Å². The molecule has 0 atom stereocenters. The summed E-state index contributed by atoms with van der Waals surface area (Å²) in [6.45, 7) is 5.50. The molecule has 0 radical (unpaired) electrons. The summed E-state index contributed by atoms with van der Waals surface area (Å²) in [6.07, 6.45) is 0.619. The maximum atomic E-state index is 13.9. The average Bonchev–Trinajstić information content (AvgIpc) is 3.23. The number of nitrogens with zero attached hydrogens (tertiary/aromatic N) is 5. The summed E-state index contributed by atoms with van der Waals surface area (Å²) in [4.78, 5) is 36.2. The van der Waals surface area contributed by atoms with Crippen molar-refractivity contribution in [1.82, 2.24) is 23.7 Å². The van der Waals surface area contributed by atoms with E-state index in [-0.39, 0.29) is 55.7 Å². The normalized spacial score (nSPS) is 18.9. The summed E-state index contributed by atoms with van der Waals surface area (Å²) in [7, 11) is 0. The zero-order valence-electron chi connectivity index (χ0n) is 22.2. The predicted molar refractivity (Wildman–Crippen MR) is 142 cm³/mol. The second-order valence-corrected chi connectivity index (χ2v) is 10.2. The molecule has 206 valence electrons. The monoisotopic (exact) mass is 539 g/mol. The molecule has 1 aromatic carbocycles. The number of halogens is 2. The van der Waals surface area contributed by atoms with Crippen molar-refractivity contribution in [2.45, 2.75) is 71.4 Å². The highest BCUT2D eigenvalue weighted by Gasteiger charge is 2.42. The third-order valence-corrected chi connectivity index (χ3v) is 7.12. The van der Waals surface area contributed by atoms with Gasteiger partial charge < -0.3 is 14.4 Å². The summed E-state index contributed by atoms with van der Waals surface area (Å²) < 4.78 is 37.6. The van der Waals surface area contributed by atoms with Crippen molar-refractivity contribution >= 4 is 11.2 Å². The second kappa shape index (κ2) is 10.4. The predicted octanol–water partition coefficient (Wildman–Crippen LogP) is 3.59. The van der Waals surface area contributed by atoms with Gasteiger partial charge in [-0.3, -0.25) is 13.9 Å². The first-order valence-electron chi connectivity index (χ1n) is 13.0. The number of aromatic nitrogens is 5. The lowest BCUT2D eigenvalue weighted by molar-refractivity contribution is -0.0311. The van der Waals surface area contributed by atoms with Gasteiger partial charge in [0.25, 0.3) is 5.56 Å². The summed E-state index contributed by atoms with van der Waals surface area (Å²) in [6, 6.07) is 9.42. The largest absolute Gasteiger partial charge is 0.474 e. The third kappa shape index (κ3) is 5.10. The molecule has 4 aromatic rings. The number of hydrogen-bond donors (Lipinski definition) is 1. The smallest absolute Gasteiger partial charge is 0.332 e. The van der Waals surface area contributed by atoms with Crippen LogP contribution in [0.5, 0.6) is 5.88 Å². The van der Waals surface area contributed by atoms with Crippen LogP contribution < -0.4 is 16.0 Å². The minimum Gasteiger partial charge on any atom is -0.474 e. The van der Waals surface area contributed by atoms with Gasteiger partial charge in [0.15, 0.2) is 11.2 Å². The molecule has 0 aliphatic heterocycles. The van der Waals surface area contributed by atoms with Gasteiger partial charge in [-0.2, -0.15) is 0 Å². The SMILES string of the molecule is CCn1c(=O)n(CCCO)c(=O)c2c1nc(-c1ccc(OC3CC(C)(F)C3)nc1C)n2Cc1ccc(F)cc1. The van der Waals surface area contributed by atoms with Crippen LogP contribution in [0.1, 0.15) is 44.4 Å². The Morgan fingerprint density at radius 1 is 1.08 bits per heavy atom. The number of fused-ring (bicyclic) bond motifs is 1. The molecular formula is C28H31F2N5O4. The highest BCUT2D eigenvalue weighted by molar-refractivity contribution is 5.78. The molecule has 0 amide bonds. The van der Waals surface area contributed by atoms with Crippen LogP contribution in [0.3, 0.4) is 0 Å². The number of alkyl halides is 1. The molecule has 39 heavy (non-hydrogen) atoms. The minimum absolute atomic E-state index is 0.0624. The Morgan fingerprint density at radius 3 is 2.41 bits per heavy atom. The van der Waals surface area contributed by atoms with Crippen molar-refractivity contribution in [2.75, 3.05) is 6.61 Å². The van der Waals surface area contributed by atoms with Crippen LogP contribution in [0.4, 0.5) is 8.78 Å². The van der Waals surface area contributed by atoms with Crippen LogP contribution in [0.25, 0.3) is 22.6 Å². The van der Waals surface area contributed by atoms with Crippen molar-refractivity contribution < 1.29 is 18.6 Å². The molecule has 0 bridgehead atoms. The van der Waals surface area contributed by atoms with E-state index in [9.17, 15) is 23.5 Å². The summed E-state index contributed by atoms with van der Waals surface area (Å²) in [5.41, 5.74) is 0.171. The van der Waals surface area contributed by atoms with Gasteiger partial charge in [0.1, 0.15) is 23.4 Å². The fraction of sp³-hybridized carbons (Fsp3) is 0.429. The van der Waals surface area contributed by atoms with Crippen molar-refractivity contribution in [2.24, 2.45) is 0 Å². The Hall–Kier alpha value is -3.86. The van der Waals surface area contributed by atoms with E-state index in [0.717, 1.165) is 10.1 Å². The lowest BCUT2D eigenvalue weighted by Gasteiger charge is -2.38. The van der Waals surface area contributed by atoms with Crippen molar-refractivity contribution in [3.05, 3.63) is 74.3 Å². The standard InChI is InChI=1S/C28H31F2N5O4/c1-4-33-25-23(26(37)34(27(33)38)12-5-13-36)35(16-18-6-8-19(29)9-7-18)24(32-25)21-10-11-22(31-17(21)2)39-20-14-28(3,30)15-20/h6-11,20,36H,4-5,12-16H2,1-3H3. The number of pyridine rings is 1. The van der Waals surface area contributed by atoms with Crippen molar-refractivity contribution in [3.8, 4) is 17.3 Å². The molecule has 1 fully saturated rings. The Bertz CT molecular complexity index is 1630. The highest BCUT2D eigenvalue weighted by atomic mass is 19.1. The van der Waals surface area contributed by atoms with Gasteiger partial charge in [0, 0.05) is 50.7 Å².